The van der Waals surface area contributed by atoms with Crippen molar-refractivity contribution in [2.75, 3.05) is 11.1 Å². The lowest BCUT2D eigenvalue weighted by atomic mass is 10.2. The summed E-state index contributed by atoms with van der Waals surface area (Å²) >= 11 is 6.99. The topological polar surface area (TPSA) is 69.0 Å². The number of amides is 1. The van der Waals surface area contributed by atoms with Crippen LogP contribution in [0.4, 0.5) is 18.9 Å². The monoisotopic (exact) mass is 470 g/mol. The number of thioether (sulfide) groups is 1. The van der Waals surface area contributed by atoms with Crippen molar-refractivity contribution in [3.05, 3.63) is 64.4 Å². The minimum atomic E-state index is -4.53. The summed E-state index contributed by atoms with van der Waals surface area (Å²) < 4.78 is 45.9. The quantitative estimate of drug-likeness (QED) is 0.486. The van der Waals surface area contributed by atoms with Crippen molar-refractivity contribution < 1.29 is 22.7 Å². The first kappa shape index (κ1) is 23.0. The zero-order chi connectivity index (χ0) is 22.6. The van der Waals surface area contributed by atoms with Gasteiger partial charge in [0.2, 0.25) is 5.91 Å². The molecule has 1 heterocycles. The lowest BCUT2D eigenvalue weighted by molar-refractivity contribution is -0.137. The predicted molar refractivity (Wildman–Crippen MR) is 112 cm³/mol. The molecule has 0 radical (unpaired) electrons. The van der Waals surface area contributed by atoms with Crippen LogP contribution in [0.5, 0.6) is 5.75 Å². The number of hydrogen-bond acceptors (Lipinski definition) is 5. The molecule has 0 saturated carbocycles. The summed E-state index contributed by atoms with van der Waals surface area (Å²) in [7, 11) is 1.73. The Morgan fingerprint density at radius 3 is 2.58 bits per heavy atom. The minimum Gasteiger partial charge on any atom is -0.486 e. The van der Waals surface area contributed by atoms with Crippen LogP contribution in [-0.2, 0) is 24.6 Å². The number of halogens is 4. The maximum absolute atomic E-state index is 12.9. The Bertz CT molecular complexity index is 1070. The molecule has 2 aromatic carbocycles. The molecule has 0 bridgehead atoms. The van der Waals surface area contributed by atoms with Crippen molar-refractivity contribution in [1.82, 2.24) is 14.8 Å². The maximum Gasteiger partial charge on any atom is 0.416 e. The average Bonchev–Trinajstić information content (AvgIpc) is 3.06. The largest absolute Gasteiger partial charge is 0.486 e. The minimum absolute atomic E-state index is 0.0144. The van der Waals surface area contributed by atoms with Crippen LogP contribution in [0.25, 0.3) is 0 Å². The average molecular weight is 471 g/mol. The summed E-state index contributed by atoms with van der Waals surface area (Å²) in [6, 6.07) is 10.3. The molecule has 1 aromatic heterocycles. The van der Waals surface area contributed by atoms with Crippen LogP contribution in [0, 0.1) is 6.92 Å². The van der Waals surface area contributed by atoms with Gasteiger partial charge in [-0.15, -0.1) is 10.2 Å². The second kappa shape index (κ2) is 9.61. The number of aromatic nitrogens is 3. The van der Waals surface area contributed by atoms with Gasteiger partial charge in [0.15, 0.2) is 11.0 Å². The third-order valence-electron chi connectivity index (χ3n) is 4.21. The van der Waals surface area contributed by atoms with Crippen LogP contribution < -0.4 is 10.1 Å². The van der Waals surface area contributed by atoms with E-state index in [9.17, 15) is 18.0 Å². The van der Waals surface area contributed by atoms with Crippen LogP contribution in [-0.4, -0.2) is 26.4 Å². The number of nitrogens with one attached hydrogen (secondary N) is 1. The van der Waals surface area contributed by atoms with Gasteiger partial charge in [-0.25, -0.2) is 0 Å². The molecule has 0 aliphatic heterocycles. The van der Waals surface area contributed by atoms with E-state index < -0.39 is 17.6 Å². The lowest BCUT2D eigenvalue weighted by Gasteiger charge is -2.11. The Labute approximate surface area is 185 Å². The number of rotatable bonds is 7. The van der Waals surface area contributed by atoms with Gasteiger partial charge in [0, 0.05) is 7.05 Å². The molecule has 0 fully saturated rings. The SMILES string of the molecule is Cc1ccc(OCc2nnc(SCC(=O)Nc3cc(C(F)(F)F)ccc3Cl)n2C)cc1. The zero-order valence-corrected chi connectivity index (χ0v) is 18.1. The Hall–Kier alpha value is -2.72. The van der Waals surface area contributed by atoms with Gasteiger partial charge in [-0.3, -0.25) is 4.79 Å². The highest BCUT2D eigenvalue weighted by Gasteiger charge is 2.31. The van der Waals surface area contributed by atoms with Gasteiger partial charge >= 0.3 is 6.18 Å². The summed E-state index contributed by atoms with van der Waals surface area (Å²) in [6.45, 7) is 2.17. The number of carbonyl (C=O) groups excluding carboxylic acids is 1. The molecule has 1 amide bonds. The number of alkyl halides is 3. The van der Waals surface area contributed by atoms with Gasteiger partial charge in [0.25, 0.3) is 0 Å². The molecule has 0 aliphatic rings. The van der Waals surface area contributed by atoms with Gasteiger partial charge in [0.05, 0.1) is 22.0 Å². The molecule has 164 valence electrons. The van der Waals surface area contributed by atoms with Gasteiger partial charge < -0.3 is 14.6 Å². The fourth-order valence-corrected chi connectivity index (χ4v) is 3.39. The van der Waals surface area contributed by atoms with E-state index in [0.29, 0.717) is 16.7 Å². The molecule has 11 heteroatoms. The fraction of sp³-hybridized carbons (Fsp3) is 0.250. The Morgan fingerprint density at radius 2 is 1.90 bits per heavy atom. The van der Waals surface area contributed by atoms with E-state index >= 15 is 0 Å². The molecule has 3 rings (SSSR count). The smallest absolute Gasteiger partial charge is 0.416 e. The van der Waals surface area contributed by atoms with Crippen molar-refractivity contribution in [2.45, 2.75) is 24.9 Å². The van der Waals surface area contributed by atoms with E-state index in [4.69, 9.17) is 16.3 Å². The van der Waals surface area contributed by atoms with Crippen molar-refractivity contribution >= 4 is 35.0 Å². The molecule has 3 aromatic rings. The first-order chi connectivity index (χ1) is 14.6. The van der Waals surface area contributed by atoms with Gasteiger partial charge in [-0.2, -0.15) is 13.2 Å². The second-order valence-corrected chi connectivity index (χ2v) is 7.94. The van der Waals surface area contributed by atoms with Crippen molar-refractivity contribution in [3.63, 3.8) is 0 Å². The fourth-order valence-electron chi connectivity index (χ4n) is 2.49. The maximum atomic E-state index is 12.9. The molecule has 31 heavy (non-hydrogen) atoms. The molecule has 0 atom stereocenters. The highest BCUT2D eigenvalue weighted by atomic mass is 35.5. The van der Waals surface area contributed by atoms with Crippen LogP contribution in [0.1, 0.15) is 17.0 Å². The van der Waals surface area contributed by atoms with Crippen LogP contribution >= 0.6 is 23.4 Å². The normalized spacial score (nSPS) is 11.4. The standard InChI is InChI=1S/C20H18ClF3N4O2S/c1-12-3-6-14(7-4-12)30-10-17-26-27-19(28(17)2)31-11-18(29)25-16-9-13(20(22,23)24)5-8-15(16)21/h3-9H,10-11H2,1-2H3,(H,25,29). The van der Waals surface area contributed by atoms with Crippen molar-refractivity contribution in [3.8, 4) is 5.75 Å². The van der Waals surface area contributed by atoms with Crippen LogP contribution in [0.3, 0.4) is 0 Å². The summed E-state index contributed by atoms with van der Waals surface area (Å²) in [5.74, 6) is 0.647. The number of benzene rings is 2. The van der Waals surface area contributed by atoms with Gasteiger partial charge in [0.1, 0.15) is 12.4 Å². The number of hydrogen-bond donors (Lipinski definition) is 1. The Balaban J connectivity index is 1.57. The molecule has 0 unspecified atom stereocenters. The number of nitrogens with zero attached hydrogens (tertiary/aromatic N) is 3. The summed E-state index contributed by atoms with van der Waals surface area (Å²) in [6.07, 6.45) is -4.53. The summed E-state index contributed by atoms with van der Waals surface area (Å²) in [5, 5.41) is 11.0. The molecular weight excluding hydrogens is 453 g/mol. The predicted octanol–water partition coefficient (Wildman–Crippen LogP) is 5.11. The third kappa shape index (κ3) is 6.14. The van der Waals surface area contributed by atoms with E-state index in [1.165, 1.54) is 0 Å². The van der Waals surface area contributed by atoms with E-state index in [2.05, 4.69) is 15.5 Å². The third-order valence-corrected chi connectivity index (χ3v) is 5.56. The first-order valence-electron chi connectivity index (χ1n) is 9.00. The number of carbonyl (C=O) groups is 1. The highest BCUT2D eigenvalue weighted by Crippen LogP contribution is 2.34. The summed E-state index contributed by atoms with van der Waals surface area (Å²) in [4.78, 5) is 12.2. The molecule has 6 nitrogen and oxygen atoms in total. The molecule has 0 aliphatic carbocycles. The molecule has 0 saturated heterocycles. The van der Waals surface area contributed by atoms with E-state index in [1.54, 1.807) is 11.6 Å². The zero-order valence-electron chi connectivity index (χ0n) is 16.5. The lowest BCUT2D eigenvalue weighted by Crippen LogP contribution is -2.16. The van der Waals surface area contributed by atoms with Crippen LogP contribution in [0.15, 0.2) is 47.6 Å². The molecular formula is C20H18ClF3N4O2S. The number of ether oxygens (including phenoxy) is 1. The van der Waals surface area contributed by atoms with E-state index in [1.807, 2.05) is 31.2 Å². The van der Waals surface area contributed by atoms with E-state index in [0.717, 1.165) is 35.5 Å². The number of anilines is 1. The highest BCUT2D eigenvalue weighted by molar-refractivity contribution is 7.99. The van der Waals surface area contributed by atoms with Gasteiger partial charge in [-0.1, -0.05) is 41.1 Å². The Morgan fingerprint density at radius 1 is 1.19 bits per heavy atom. The second-order valence-electron chi connectivity index (χ2n) is 6.59. The van der Waals surface area contributed by atoms with E-state index in [-0.39, 0.29) is 23.1 Å². The molecule has 1 N–H and O–H groups in total. The van der Waals surface area contributed by atoms with Crippen LogP contribution in [0.2, 0.25) is 5.02 Å². The Kier molecular flexibility index (Phi) is 7.11. The first-order valence-corrected chi connectivity index (χ1v) is 10.4. The van der Waals surface area contributed by atoms with Crippen molar-refractivity contribution in [2.24, 2.45) is 7.05 Å². The molecule has 0 spiro atoms. The van der Waals surface area contributed by atoms with Crippen molar-refractivity contribution in [1.29, 1.82) is 0 Å². The summed E-state index contributed by atoms with van der Waals surface area (Å²) in [5.41, 5.74) is 0.119. The van der Waals surface area contributed by atoms with Gasteiger partial charge in [-0.05, 0) is 37.3 Å². The number of aryl methyl sites for hydroxylation is 1.